The lowest BCUT2D eigenvalue weighted by Gasteiger charge is -2.32. The molecule has 0 aromatic carbocycles. The van der Waals surface area contributed by atoms with Crippen LogP contribution in [-0.4, -0.2) is 62.0 Å². The van der Waals surface area contributed by atoms with Gasteiger partial charge in [0, 0.05) is 38.6 Å². The quantitative estimate of drug-likeness (QED) is 0.681. The maximum atomic E-state index is 11.7. The second-order valence-electron chi connectivity index (χ2n) is 4.25. The zero-order chi connectivity index (χ0) is 10.6. The molecule has 1 atom stereocenters. The van der Waals surface area contributed by atoms with E-state index < -0.39 is 0 Å². The zero-order valence-electron chi connectivity index (χ0n) is 9.42. The van der Waals surface area contributed by atoms with Crippen molar-refractivity contribution in [3.63, 3.8) is 0 Å². The van der Waals surface area contributed by atoms with Crippen molar-refractivity contribution in [2.75, 3.05) is 40.3 Å². The van der Waals surface area contributed by atoms with Gasteiger partial charge in [-0.3, -0.25) is 4.79 Å². The number of hydrogen-bond donors (Lipinski definition) is 1. The molecular formula is C10H21N3O. The highest BCUT2D eigenvalue weighted by Crippen LogP contribution is 2.01. The lowest BCUT2D eigenvalue weighted by atomic mass is 10.2. The minimum absolute atomic E-state index is 0.284. The zero-order valence-corrected chi connectivity index (χ0v) is 9.42. The van der Waals surface area contributed by atoms with E-state index >= 15 is 0 Å². The Morgan fingerprint density at radius 2 is 2.29 bits per heavy atom. The molecule has 4 nitrogen and oxygen atoms in total. The Balaban J connectivity index is 2.29. The first-order chi connectivity index (χ1) is 6.59. The molecule has 14 heavy (non-hydrogen) atoms. The third-order valence-electron chi connectivity index (χ3n) is 2.49. The minimum Gasteiger partial charge on any atom is -0.340 e. The molecule has 4 heteroatoms. The second-order valence-corrected chi connectivity index (χ2v) is 4.25. The SMILES string of the molecule is C[C@H]1CN(C(=O)CCN(C)C)CCN1. The molecule has 1 N–H and O–H groups in total. The van der Waals surface area contributed by atoms with Crippen LogP contribution in [0.15, 0.2) is 0 Å². The van der Waals surface area contributed by atoms with E-state index in [1.54, 1.807) is 0 Å². The maximum absolute atomic E-state index is 11.7. The van der Waals surface area contributed by atoms with Gasteiger partial charge in [-0.2, -0.15) is 0 Å². The molecule has 0 aliphatic carbocycles. The molecule has 1 aliphatic heterocycles. The summed E-state index contributed by atoms with van der Waals surface area (Å²) in [5, 5.41) is 3.33. The summed E-state index contributed by atoms with van der Waals surface area (Å²) in [7, 11) is 3.99. The Hall–Kier alpha value is -0.610. The van der Waals surface area contributed by atoms with E-state index in [4.69, 9.17) is 0 Å². The number of hydrogen-bond acceptors (Lipinski definition) is 3. The average Bonchev–Trinajstić information content (AvgIpc) is 2.14. The van der Waals surface area contributed by atoms with E-state index in [2.05, 4.69) is 12.2 Å². The van der Waals surface area contributed by atoms with E-state index in [9.17, 15) is 4.79 Å². The van der Waals surface area contributed by atoms with Crippen LogP contribution in [0.3, 0.4) is 0 Å². The molecule has 1 saturated heterocycles. The summed E-state index contributed by atoms with van der Waals surface area (Å²) in [4.78, 5) is 15.7. The molecule has 0 aromatic rings. The molecule has 1 heterocycles. The van der Waals surface area contributed by atoms with E-state index in [0.29, 0.717) is 12.5 Å². The van der Waals surface area contributed by atoms with Gasteiger partial charge < -0.3 is 15.1 Å². The van der Waals surface area contributed by atoms with Crippen LogP contribution < -0.4 is 5.32 Å². The molecule has 0 saturated carbocycles. The summed E-state index contributed by atoms with van der Waals surface area (Å²) >= 11 is 0. The molecular weight excluding hydrogens is 178 g/mol. The molecule has 0 bridgehead atoms. The fourth-order valence-corrected chi connectivity index (χ4v) is 1.64. The predicted molar refractivity (Wildman–Crippen MR) is 57.2 cm³/mol. The Kier molecular flexibility index (Phi) is 4.35. The van der Waals surface area contributed by atoms with Crippen LogP contribution in [0, 0.1) is 0 Å². The van der Waals surface area contributed by atoms with Gasteiger partial charge in [-0.15, -0.1) is 0 Å². The van der Waals surface area contributed by atoms with Crippen molar-refractivity contribution >= 4 is 5.91 Å². The monoisotopic (exact) mass is 199 g/mol. The number of carbonyl (C=O) groups excluding carboxylic acids is 1. The van der Waals surface area contributed by atoms with Gasteiger partial charge >= 0.3 is 0 Å². The topological polar surface area (TPSA) is 35.6 Å². The van der Waals surface area contributed by atoms with E-state index in [1.165, 1.54) is 0 Å². The van der Waals surface area contributed by atoms with Crippen molar-refractivity contribution in [1.29, 1.82) is 0 Å². The van der Waals surface area contributed by atoms with Crippen molar-refractivity contribution in [1.82, 2.24) is 15.1 Å². The van der Waals surface area contributed by atoms with Gasteiger partial charge in [-0.1, -0.05) is 0 Å². The van der Waals surface area contributed by atoms with Gasteiger partial charge in [0.15, 0.2) is 0 Å². The van der Waals surface area contributed by atoms with Crippen molar-refractivity contribution in [3.8, 4) is 0 Å². The molecule has 1 fully saturated rings. The molecule has 1 rings (SSSR count). The predicted octanol–water partition coefficient (Wildman–Crippen LogP) is -0.242. The second kappa shape index (κ2) is 5.32. The number of nitrogens with zero attached hydrogens (tertiary/aromatic N) is 2. The average molecular weight is 199 g/mol. The van der Waals surface area contributed by atoms with Gasteiger partial charge in [-0.25, -0.2) is 0 Å². The largest absolute Gasteiger partial charge is 0.340 e. The first kappa shape index (κ1) is 11.5. The van der Waals surface area contributed by atoms with Gasteiger partial charge in [-0.05, 0) is 21.0 Å². The standard InChI is InChI=1S/C10H21N3O/c1-9-8-13(7-5-11-9)10(14)4-6-12(2)3/h9,11H,4-8H2,1-3H3/t9-/m0/s1. The summed E-state index contributed by atoms with van der Waals surface area (Å²) in [6, 6.07) is 0.437. The van der Waals surface area contributed by atoms with Crippen LogP contribution in [0.1, 0.15) is 13.3 Å². The minimum atomic E-state index is 0.284. The lowest BCUT2D eigenvalue weighted by Crippen LogP contribution is -2.51. The Morgan fingerprint density at radius 3 is 2.86 bits per heavy atom. The third-order valence-corrected chi connectivity index (χ3v) is 2.49. The van der Waals surface area contributed by atoms with Crippen LogP contribution in [-0.2, 0) is 4.79 Å². The number of rotatable bonds is 3. The molecule has 0 radical (unpaired) electrons. The number of piperazine rings is 1. The number of carbonyl (C=O) groups is 1. The molecule has 0 aromatic heterocycles. The van der Waals surface area contributed by atoms with Crippen LogP contribution >= 0.6 is 0 Å². The van der Waals surface area contributed by atoms with Gasteiger partial charge in [0.05, 0.1) is 0 Å². The van der Waals surface area contributed by atoms with Gasteiger partial charge in [0.25, 0.3) is 0 Å². The van der Waals surface area contributed by atoms with Crippen molar-refractivity contribution in [2.24, 2.45) is 0 Å². The summed E-state index contributed by atoms with van der Waals surface area (Å²) in [5.74, 6) is 0.284. The fraction of sp³-hybridized carbons (Fsp3) is 0.900. The third kappa shape index (κ3) is 3.64. The van der Waals surface area contributed by atoms with E-state index in [1.807, 2.05) is 23.9 Å². The van der Waals surface area contributed by atoms with Crippen molar-refractivity contribution in [2.45, 2.75) is 19.4 Å². The summed E-state index contributed by atoms with van der Waals surface area (Å²) in [6.45, 7) is 5.60. The maximum Gasteiger partial charge on any atom is 0.223 e. The Morgan fingerprint density at radius 1 is 1.57 bits per heavy atom. The van der Waals surface area contributed by atoms with E-state index in [-0.39, 0.29) is 5.91 Å². The smallest absolute Gasteiger partial charge is 0.223 e. The Bertz CT molecular complexity index is 194. The molecule has 0 unspecified atom stereocenters. The summed E-state index contributed by atoms with van der Waals surface area (Å²) in [5.41, 5.74) is 0. The number of amides is 1. The highest BCUT2D eigenvalue weighted by atomic mass is 16.2. The van der Waals surface area contributed by atoms with E-state index in [0.717, 1.165) is 26.2 Å². The highest BCUT2D eigenvalue weighted by Gasteiger charge is 2.19. The van der Waals surface area contributed by atoms with Crippen LogP contribution in [0.25, 0.3) is 0 Å². The van der Waals surface area contributed by atoms with Gasteiger partial charge in [0.2, 0.25) is 5.91 Å². The first-order valence-corrected chi connectivity index (χ1v) is 5.25. The Labute approximate surface area is 86.2 Å². The van der Waals surface area contributed by atoms with Crippen LogP contribution in [0.5, 0.6) is 0 Å². The van der Waals surface area contributed by atoms with Crippen molar-refractivity contribution in [3.05, 3.63) is 0 Å². The molecule has 1 amide bonds. The molecule has 0 spiro atoms. The van der Waals surface area contributed by atoms with Gasteiger partial charge in [0.1, 0.15) is 0 Å². The highest BCUT2D eigenvalue weighted by molar-refractivity contribution is 5.76. The van der Waals surface area contributed by atoms with Crippen molar-refractivity contribution < 1.29 is 4.79 Å². The molecule has 1 aliphatic rings. The normalized spacial score (nSPS) is 22.9. The lowest BCUT2D eigenvalue weighted by molar-refractivity contribution is -0.132. The van der Waals surface area contributed by atoms with Crippen LogP contribution in [0.4, 0.5) is 0 Å². The summed E-state index contributed by atoms with van der Waals surface area (Å²) < 4.78 is 0. The fourth-order valence-electron chi connectivity index (χ4n) is 1.64. The summed E-state index contributed by atoms with van der Waals surface area (Å²) in [6.07, 6.45) is 0.639. The first-order valence-electron chi connectivity index (χ1n) is 5.25. The number of nitrogens with one attached hydrogen (secondary N) is 1. The van der Waals surface area contributed by atoms with Crippen LogP contribution in [0.2, 0.25) is 0 Å². The molecule has 82 valence electrons.